The average Bonchev–Trinajstić information content (AvgIpc) is 2.64. The molecule has 2 N–H and O–H groups in total. The standard InChI is InChI=1S/C19H30N4O4S/c1-5-20-19(25)16(4)21-18(24)13-22-8-10-23(11-9-22)28(26,27)17-7-6-14(2)15(3)12-17/h6-7,12,16H,5,8-11,13H2,1-4H3,(H,20,25)(H,21,24)/t16-/m1/s1. The molecule has 1 aliphatic heterocycles. The predicted molar refractivity (Wildman–Crippen MR) is 107 cm³/mol. The fourth-order valence-corrected chi connectivity index (χ4v) is 4.54. The number of nitrogens with one attached hydrogen (secondary N) is 2. The molecular formula is C19H30N4O4S. The number of piperazine rings is 1. The minimum Gasteiger partial charge on any atom is -0.355 e. The second kappa shape index (κ2) is 9.49. The highest BCUT2D eigenvalue weighted by Gasteiger charge is 2.29. The molecule has 1 aromatic carbocycles. The van der Waals surface area contributed by atoms with E-state index < -0.39 is 16.1 Å². The Hall–Kier alpha value is -1.97. The Kier molecular flexibility index (Phi) is 7.56. The zero-order chi connectivity index (χ0) is 20.9. The number of sulfonamides is 1. The Morgan fingerprint density at radius 1 is 1.11 bits per heavy atom. The number of hydrogen-bond donors (Lipinski definition) is 2. The maximum absolute atomic E-state index is 12.8. The summed E-state index contributed by atoms with van der Waals surface area (Å²) in [4.78, 5) is 26.0. The molecule has 0 unspecified atom stereocenters. The van der Waals surface area contributed by atoms with E-state index in [1.165, 1.54) is 4.31 Å². The fourth-order valence-electron chi connectivity index (χ4n) is 3.03. The second-order valence-corrected chi connectivity index (χ2v) is 9.05. The fraction of sp³-hybridized carbons (Fsp3) is 0.579. The zero-order valence-electron chi connectivity index (χ0n) is 17.0. The molecule has 0 aliphatic carbocycles. The van der Waals surface area contributed by atoms with Crippen molar-refractivity contribution in [2.75, 3.05) is 39.3 Å². The highest BCUT2D eigenvalue weighted by atomic mass is 32.2. The van der Waals surface area contributed by atoms with Gasteiger partial charge in [0.1, 0.15) is 6.04 Å². The van der Waals surface area contributed by atoms with Crippen molar-refractivity contribution in [3.63, 3.8) is 0 Å². The molecule has 0 spiro atoms. The summed E-state index contributed by atoms with van der Waals surface area (Å²) >= 11 is 0. The van der Waals surface area contributed by atoms with Gasteiger partial charge in [0.15, 0.2) is 0 Å². The van der Waals surface area contributed by atoms with Gasteiger partial charge in [0.25, 0.3) is 0 Å². The smallest absolute Gasteiger partial charge is 0.243 e. The van der Waals surface area contributed by atoms with Crippen LogP contribution in [0, 0.1) is 13.8 Å². The van der Waals surface area contributed by atoms with Gasteiger partial charge >= 0.3 is 0 Å². The van der Waals surface area contributed by atoms with Crippen LogP contribution < -0.4 is 10.6 Å². The molecule has 0 aromatic heterocycles. The van der Waals surface area contributed by atoms with Gasteiger partial charge in [-0.2, -0.15) is 4.31 Å². The van der Waals surface area contributed by atoms with Gasteiger partial charge in [0.2, 0.25) is 21.8 Å². The van der Waals surface area contributed by atoms with Crippen LogP contribution in [0.3, 0.4) is 0 Å². The average molecular weight is 411 g/mol. The molecule has 0 radical (unpaired) electrons. The van der Waals surface area contributed by atoms with Gasteiger partial charge in [0, 0.05) is 32.7 Å². The molecule has 2 rings (SSSR count). The van der Waals surface area contributed by atoms with E-state index in [1.54, 1.807) is 19.1 Å². The molecule has 1 heterocycles. The normalized spacial score (nSPS) is 17.1. The zero-order valence-corrected chi connectivity index (χ0v) is 17.8. The van der Waals surface area contributed by atoms with Gasteiger partial charge in [-0.3, -0.25) is 14.5 Å². The SMILES string of the molecule is CCNC(=O)[C@@H](C)NC(=O)CN1CCN(S(=O)(=O)c2ccc(C)c(C)c2)CC1. The highest BCUT2D eigenvalue weighted by Crippen LogP contribution is 2.20. The molecule has 1 atom stereocenters. The maximum Gasteiger partial charge on any atom is 0.243 e. The number of nitrogens with zero attached hydrogens (tertiary/aromatic N) is 2. The number of rotatable bonds is 7. The van der Waals surface area contributed by atoms with Crippen LogP contribution in [0.5, 0.6) is 0 Å². The summed E-state index contributed by atoms with van der Waals surface area (Å²) in [6.07, 6.45) is 0. The quantitative estimate of drug-likeness (QED) is 0.671. The molecule has 1 aromatic rings. The summed E-state index contributed by atoms with van der Waals surface area (Å²) in [6, 6.07) is 4.56. The van der Waals surface area contributed by atoms with Crippen LogP contribution in [-0.4, -0.2) is 74.7 Å². The monoisotopic (exact) mass is 410 g/mol. The Labute approximate surface area is 167 Å². The van der Waals surface area contributed by atoms with Crippen molar-refractivity contribution in [1.82, 2.24) is 19.8 Å². The van der Waals surface area contributed by atoms with Crippen molar-refractivity contribution in [1.29, 1.82) is 0 Å². The summed E-state index contributed by atoms with van der Waals surface area (Å²) in [5.74, 6) is -0.468. The lowest BCUT2D eigenvalue weighted by Gasteiger charge is -2.33. The van der Waals surface area contributed by atoms with Crippen molar-refractivity contribution >= 4 is 21.8 Å². The number of carbonyl (C=O) groups excluding carboxylic acids is 2. The van der Waals surface area contributed by atoms with Crippen LogP contribution in [0.1, 0.15) is 25.0 Å². The minimum atomic E-state index is -3.54. The van der Waals surface area contributed by atoms with E-state index in [4.69, 9.17) is 0 Å². The molecule has 28 heavy (non-hydrogen) atoms. The molecule has 0 bridgehead atoms. The first-order valence-electron chi connectivity index (χ1n) is 9.52. The first-order valence-corrected chi connectivity index (χ1v) is 11.0. The molecule has 156 valence electrons. The van der Waals surface area contributed by atoms with E-state index in [0.29, 0.717) is 37.6 Å². The molecule has 8 nitrogen and oxygen atoms in total. The molecule has 1 aliphatic rings. The van der Waals surface area contributed by atoms with Crippen LogP contribution >= 0.6 is 0 Å². The first kappa shape index (κ1) is 22.3. The number of carbonyl (C=O) groups is 2. The molecule has 9 heteroatoms. The van der Waals surface area contributed by atoms with Gasteiger partial charge in [-0.15, -0.1) is 0 Å². The van der Waals surface area contributed by atoms with Gasteiger partial charge < -0.3 is 10.6 Å². The summed E-state index contributed by atoms with van der Waals surface area (Å²) in [5.41, 5.74) is 1.99. The number of hydrogen-bond acceptors (Lipinski definition) is 5. The van der Waals surface area contributed by atoms with Crippen LogP contribution in [0.4, 0.5) is 0 Å². The van der Waals surface area contributed by atoms with Crippen molar-refractivity contribution in [2.24, 2.45) is 0 Å². The largest absolute Gasteiger partial charge is 0.355 e. The third-order valence-electron chi connectivity index (χ3n) is 4.94. The maximum atomic E-state index is 12.8. The Morgan fingerprint density at radius 3 is 2.32 bits per heavy atom. The lowest BCUT2D eigenvalue weighted by atomic mass is 10.1. The van der Waals surface area contributed by atoms with Crippen molar-refractivity contribution in [3.8, 4) is 0 Å². The summed E-state index contributed by atoms with van der Waals surface area (Å²) in [5, 5.41) is 5.33. The Bertz CT molecular complexity index is 817. The second-order valence-electron chi connectivity index (χ2n) is 7.11. The first-order chi connectivity index (χ1) is 13.1. The van der Waals surface area contributed by atoms with Crippen molar-refractivity contribution in [3.05, 3.63) is 29.3 Å². The van der Waals surface area contributed by atoms with E-state index in [2.05, 4.69) is 10.6 Å². The number of amides is 2. The van der Waals surface area contributed by atoms with E-state index in [1.807, 2.05) is 31.7 Å². The summed E-state index contributed by atoms with van der Waals surface area (Å²) < 4.78 is 27.2. The summed E-state index contributed by atoms with van der Waals surface area (Å²) in [6.45, 7) is 9.53. The number of likely N-dealkylation sites (N-methyl/N-ethyl adjacent to an activating group) is 1. The van der Waals surface area contributed by atoms with Crippen LogP contribution in [0.2, 0.25) is 0 Å². The van der Waals surface area contributed by atoms with Crippen molar-refractivity contribution < 1.29 is 18.0 Å². The van der Waals surface area contributed by atoms with E-state index in [9.17, 15) is 18.0 Å². The van der Waals surface area contributed by atoms with Crippen molar-refractivity contribution in [2.45, 2.75) is 38.6 Å². The highest BCUT2D eigenvalue weighted by molar-refractivity contribution is 7.89. The van der Waals surface area contributed by atoms with Gasteiger partial charge in [0.05, 0.1) is 11.4 Å². The van der Waals surface area contributed by atoms with Gasteiger partial charge in [-0.05, 0) is 51.0 Å². The predicted octanol–water partition coefficient (Wildman–Crippen LogP) is 0.251. The molecule has 1 saturated heterocycles. The van der Waals surface area contributed by atoms with Crippen LogP contribution in [-0.2, 0) is 19.6 Å². The lowest BCUT2D eigenvalue weighted by Crippen LogP contribution is -2.53. The van der Waals surface area contributed by atoms with E-state index >= 15 is 0 Å². The molecular weight excluding hydrogens is 380 g/mol. The number of aryl methyl sites for hydroxylation is 2. The third-order valence-corrected chi connectivity index (χ3v) is 6.83. The topological polar surface area (TPSA) is 98.8 Å². The summed E-state index contributed by atoms with van der Waals surface area (Å²) in [7, 11) is -3.54. The van der Waals surface area contributed by atoms with Gasteiger partial charge in [-0.25, -0.2) is 8.42 Å². The van der Waals surface area contributed by atoms with E-state index in [-0.39, 0.29) is 18.4 Å². The van der Waals surface area contributed by atoms with Crippen LogP contribution in [0.25, 0.3) is 0 Å². The van der Waals surface area contributed by atoms with Gasteiger partial charge in [-0.1, -0.05) is 6.07 Å². The molecule has 2 amide bonds. The third kappa shape index (κ3) is 5.52. The molecule has 0 saturated carbocycles. The lowest BCUT2D eigenvalue weighted by molar-refractivity contribution is -0.129. The van der Waals surface area contributed by atoms with Crippen LogP contribution in [0.15, 0.2) is 23.1 Å². The Morgan fingerprint density at radius 2 is 1.75 bits per heavy atom. The number of benzene rings is 1. The molecule has 1 fully saturated rings. The Balaban J connectivity index is 1.89. The van der Waals surface area contributed by atoms with E-state index in [0.717, 1.165) is 11.1 Å². The minimum absolute atomic E-state index is 0.140.